The minimum absolute atomic E-state index is 0.0334. The molecular weight excluding hydrogens is 414 g/mol. The maximum absolute atomic E-state index is 13.7. The molecule has 3 aromatic rings. The van der Waals surface area contributed by atoms with E-state index in [0.717, 1.165) is 34.4 Å². The fourth-order valence-corrected chi connectivity index (χ4v) is 6.45. The van der Waals surface area contributed by atoms with Crippen molar-refractivity contribution >= 4 is 44.7 Å². The average Bonchev–Trinajstić information content (AvgIpc) is 3.45. The van der Waals surface area contributed by atoms with Gasteiger partial charge in [0.2, 0.25) is 5.91 Å². The fraction of sp³-hybridized carbons (Fsp3) is 0.478. The van der Waals surface area contributed by atoms with Gasteiger partial charge in [0.15, 0.2) is 0 Å². The lowest BCUT2D eigenvalue weighted by molar-refractivity contribution is -0.134. The molecule has 0 aromatic carbocycles. The van der Waals surface area contributed by atoms with Crippen molar-refractivity contribution in [1.82, 2.24) is 14.8 Å². The van der Waals surface area contributed by atoms with Crippen molar-refractivity contribution in [3.63, 3.8) is 0 Å². The number of aromatic nitrogens is 1. The molecule has 30 heavy (non-hydrogen) atoms. The van der Waals surface area contributed by atoms with E-state index in [0.29, 0.717) is 24.7 Å². The summed E-state index contributed by atoms with van der Waals surface area (Å²) in [6.07, 6.45) is 4.56. The second kappa shape index (κ2) is 7.54. The summed E-state index contributed by atoms with van der Waals surface area (Å²) in [6, 6.07) is 8.24. The third-order valence-corrected chi connectivity index (χ3v) is 8.57. The number of nitrogens with one attached hydrogen (secondary N) is 1. The predicted octanol–water partition coefficient (Wildman–Crippen LogP) is 4.87. The summed E-state index contributed by atoms with van der Waals surface area (Å²) >= 11 is 3.26. The first kappa shape index (κ1) is 19.8. The number of nitrogens with zero attached hydrogens (tertiary/aromatic N) is 2. The Balaban J connectivity index is 1.53. The average molecular weight is 442 g/mol. The third kappa shape index (κ3) is 3.19. The highest BCUT2D eigenvalue weighted by atomic mass is 32.1. The molecule has 3 unspecified atom stereocenters. The number of rotatable bonds is 4. The second-order valence-electron chi connectivity index (χ2n) is 8.87. The van der Waals surface area contributed by atoms with Crippen molar-refractivity contribution in [3.05, 3.63) is 45.6 Å². The summed E-state index contributed by atoms with van der Waals surface area (Å²) in [6.45, 7) is 5.09. The molecule has 5 rings (SSSR count). The minimum atomic E-state index is -0.931. The molecule has 1 N–H and O–H groups in total. The molecule has 1 aliphatic heterocycles. The molecular formula is C23H27N3O2S2. The van der Waals surface area contributed by atoms with Crippen molar-refractivity contribution < 1.29 is 9.59 Å². The maximum Gasteiger partial charge on any atom is 0.271 e. The molecule has 1 aliphatic carbocycles. The summed E-state index contributed by atoms with van der Waals surface area (Å²) in [5.74, 6) is 0.378. The lowest BCUT2D eigenvalue weighted by Gasteiger charge is -2.45. The zero-order valence-corrected chi connectivity index (χ0v) is 19.0. The molecule has 7 heteroatoms. The number of carbonyl (C=O) groups excluding carboxylic acids is 2. The van der Waals surface area contributed by atoms with Gasteiger partial charge in [0.05, 0.1) is 23.3 Å². The summed E-state index contributed by atoms with van der Waals surface area (Å²) < 4.78 is 3.14. The van der Waals surface area contributed by atoms with Crippen molar-refractivity contribution in [1.29, 1.82) is 0 Å². The van der Waals surface area contributed by atoms with Gasteiger partial charge in [-0.15, -0.1) is 22.7 Å². The van der Waals surface area contributed by atoms with Crippen LogP contribution in [0.4, 0.5) is 0 Å². The maximum atomic E-state index is 13.7. The Kier molecular flexibility index (Phi) is 4.98. The molecule has 2 aliphatic rings. The van der Waals surface area contributed by atoms with Crippen LogP contribution in [0.2, 0.25) is 0 Å². The lowest BCUT2D eigenvalue weighted by atomic mass is 9.85. The molecule has 5 nitrogen and oxygen atoms in total. The first-order valence-corrected chi connectivity index (χ1v) is 12.5. The second-order valence-corrected chi connectivity index (χ2v) is 10.9. The molecule has 1 fully saturated rings. The van der Waals surface area contributed by atoms with Crippen LogP contribution >= 0.6 is 22.7 Å². The lowest BCUT2D eigenvalue weighted by Crippen LogP contribution is -2.65. The molecule has 0 spiro atoms. The van der Waals surface area contributed by atoms with E-state index in [2.05, 4.69) is 12.2 Å². The zero-order chi connectivity index (χ0) is 20.9. The summed E-state index contributed by atoms with van der Waals surface area (Å²) in [5, 5.41) is 7.39. The highest BCUT2D eigenvalue weighted by Gasteiger charge is 2.48. The van der Waals surface area contributed by atoms with Gasteiger partial charge >= 0.3 is 0 Å². The van der Waals surface area contributed by atoms with Gasteiger partial charge in [0, 0.05) is 10.9 Å². The zero-order valence-electron chi connectivity index (χ0n) is 17.4. The normalized spacial score (nSPS) is 26.7. The van der Waals surface area contributed by atoms with Crippen LogP contribution in [0.5, 0.6) is 0 Å². The van der Waals surface area contributed by atoms with Crippen LogP contribution < -0.4 is 5.32 Å². The highest BCUT2D eigenvalue weighted by Crippen LogP contribution is 2.36. The van der Waals surface area contributed by atoms with Gasteiger partial charge < -0.3 is 14.8 Å². The number of thiophene rings is 2. The van der Waals surface area contributed by atoms with E-state index in [-0.39, 0.29) is 17.9 Å². The molecule has 0 bridgehead atoms. The van der Waals surface area contributed by atoms with Crippen LogP contribution in [0.15, 0.2) is 35.0 Å². The van der Waals surface area contributed by atoms with E-state index in [1.165, 1.54) is 6.42 Å². The predicted molar refractivity (Wildman–Crippen MR) is 122 cm³/mol. The summed E-state index contributed by atoms with van der Waals surface area (Å²) in [5.41, 5.74) is 0.799. The Morgan fingerprint density at radius 2 is 2.07 bits per heavy atom. The quantitative estimate of drug-likeness (QED) is 0.628. The minimum Gasteiger partial charge on any atom is -0.351 e. The first-order chi connectivity index (χ1) is 14.5. The van der Waals surface area contributed by atoms with Crippen LogP contribution in [-0.4, -0.2) is 32.9 Å². The monoisotopic (exact) mass is 441 g/mol. The Morgan fingerprint density at radius 1 is 1.23 bits per heavy atom. The van der Waals surface area contributed by atoms with Crippen LogP contribution in [0, 0.1) is 5.92 Å². The number of amides is 2. The molecule has 2 amide bonds. The van der Waals surface area contributed by atoms with Crippen molar-refractivity contribution in [2.24, 2.45) is 5.92 Å². The van der Waals surface area contributed by atoms with Crippen molar-refractivity contribution in [3.8, 4) is 0 Å². The summed E-state index contributed by atoms with van der Waals surface area (Å²) in [7, 11) is 0. The van der Waals surface area contributed by atoms with Gasteiger partial charge in [-0.1, -0.05) is 25.8 Å². The molecule has 0 radical (unpaired) electrons. The van der Waals surface area contributed by atoms with E-state index in [4.69, 9.17) is 0 Å². The molecule has 3 aromatic heterocycles. The van der Waals surface area contributed by atoms with E-state index >= 15 is 0 Å². The Morgan fingerprint density at radius 3 is 2.83 bits per heavy atom. The van der Waals surface area contributed by atoms with Gasteiger partial charge in [0.25, 0.3) is 5.91 Å². The third-order valence-electron chi connectivity index (χ3n) is 6.86. The van der Waals surface area contributed by atoms with Gasteiger partial charge in [0.1, 0.15) is 11.2 Å². The molecule has 4 heterocycles. The van der Waals surface area contributed by atoms with Crippen LogP contribution in [0.3, 0.4) is 0 Å². The first-order valence-electron chi connectivity index (χ1n) is 10.7. The standard InChI is InChI=1S/C23H27N3O2S2/c1-15-6-3-4-8-17(15)24-22(28)23(2)14-25-18-9-11-30-20(18)12-19(25)21(27)26(23)13-16-7-5-10-29-16/h5,7,9-12,15,17H,3-4,6,8,13-14H2,1-2H3,(H,24,28). The summed E-state index contributed by atoms with van der Waals surface area (Å²) in [4.78, 5) is 30.2. The van der Waals surface area contributed by atoms with Crippen LogP contribution in [0.1, 0.15) is 54.9 Å². The van der Waals surface area contributed by atoms with Gasteiger partial charge in [-0.25, -0.2) is 0 Å². The largest absolute Gasteiger partial charge is 0.351 e. The molecule has 158 valence electrons. The molecule has 1 saturated carbocycles. The Bertz CT molecular complexity index is 1080. The Labute approximate surface area is 184 Å². The molecule has 0 saturated heterocycles. The topological polar surface area (TPSA) is 54.3 Å². The van der Waals surface area contributed by atoms with Gasteiger partial charge in [-0.3, -0.25) is 9.59 Å². The van der Waals surface area contributed by atoms with E-state index in [1.54, 1.807) is 27.6 Å². The number of carbonyl (C=O) groups is 2. The fourth-order valence-electron chi connectivity index (χ4n) is 4.93. The smallest absolute Gasteiger partial charge is 0.271 e. The van der Waals surface area contributed by atoms with Crippen molar-refractivity contribution in [2.45, 2.75) is 64.2 Å². The molecule has 3 atom stereocenters. The van der Waals surface area contributed by atoms with Crippen molar-refractivity contribution in [2.75, 3.05) is 0 Å². The van der Waals surface area contributed by atoms with E-state index in [1.807, 2.05) is 46.5 Å². The van der Waals surface area contributed by atoms with Crippen LogP contribution in [0.25, 0.3) is 10.2 Å². The van der Waals surface area contributed by atoms with Crippen LogP contribution in [-0.2, 0) is 17.9 Å². The van der Waals surface area contributed by atoms with E-state index < -0.39 is 5.54 Å². The Hall–Kier alpha value is -2.12. The number of hydrogen-bond donors (Lipinski definition) is 1. The number of hydrogen-bond acceptors (Lipinski definition) is 4. The SMILES string of the molecule is CC1CCCCC1NC(=O)C1(C)Cn2c(cc3sccc32)C(=O)N1Cc1cccs1. The van der Waals surface area contributed by atoms with Gasteiger partial charge in [-0.05, 0) is 54.6 Å². The highest BCUT2D eigenvalue weighted by molar-refractivity contribution is 7.17. The van der Waals surface area contributed by atoms with Gasteiger partial charge in [-0.2, -0.15) is 0 Å². The number of fused-ring (bicyclic) bond motifs is 3. The van der Waals surface area contributed by atoms with E-state index in [9.17, 15) is 9.59 Å².